The van der Waals surface area contributed by atoms with Gasteiger partial charge in [0.05, 0.1) is 0 Å². The van der Waals surface area contributed by atoms with Gasteiger partial charge in [0.1, 0.15) is 22.0 Å². The largest absolute Gasteiger partial charge is 0.424 e. The fourth-order valence-corrected chi connectivity index (χ4v) is 3.89. The highest BCUT2D eigenvalue weighted by Crippen LogP contribution is 2.44. The van der Waals surface area contributed by atoms with Gasteiger partial charge in [0.25, 0.3) is 0 Å². The zero-order chi connectivity index (χ0) is 20.0. The van der Waals surface area contributed by atoms with Crippen molar-refractivity contribution in [2.75, 3.05) is 0 Å². The van der Waals surface area contributed by atoms with E-state index in [0.717, 1.165) is 5.56 Å². The fraction of sp³-hybridized carbons (Fsp3) is 0.316. The van der Waals surface area contributed by atoms with Crippen LogP contribution in [0.5, 0.6) is 11.5 Å². The molecular weight excluding hydrogens is 372 g/mol. The number of rotatable bonds is 4. The van der Waals surface area contributed by atoms with Crippen molar-refractivity contribution >= 4 is 16.1 Å². The summed E-state index contributed by atoms with van der Waals surface area (Å²) in [4.78, 5) is 11.9. The molecule has 0 saturated carbocycles. The van der Waals surface area contributed by atoms with Crippen molar-refractivity contribution in [2.45, 2.75) is 37.4 Å². The van der Waals surface area contributed by atoms with Crippen LogP contribution in [0.25, 0.3) is 0 Å². The molecule has 144 valence electrons. The quantitative estimate of drug-likeness (QED) is 0.464. The number of aryl methyl sites for hydroxylation is 1. The van der Waals surface area contributed by atoms with Gasteiger partial charge >= 0.3 is 16.1 Å². The molecule has 2 aromatic carbocycles. The van der Waals surface area contributed by atoms with Crippen LogP contribution < -0.4 is 8.92 Å². The van der Waals surface area contributed by atoms with E-state index in [2.05, 4.69) is 0 Å². The molecule has 0 amide bonds. The van der Waals surface area contributed by atoms with Crippen molar-refractivity contribution in [2.24, 2.45) is 5.92 Å². The summed E-state index contributed by atoms with van der Waals surface area (Å²) in [6.07, 6.45) is -1.74. The topological polar surface area (TPSA) is 110 Å². The summed E-state index contributed by atoms with van der Waals surface area (Å²) in [7, 11) is -4.08. The van der Waals surface area contributed by atoms with Crippen LogP contribution in [0.4, 0.5) is 0 Å². The SMILES string of the molecule is Cc1ccc(S(=O)(=O)Oc2ccc3c(c2)OC(=O)[C@H](O)[C@@]3(O)C(C)C)cc1. The molecular formula is C19H20O7S. The molecule has 0 bridgehead atoms. The van der Waals surface area contributed by atoms with Gasteiger partial charge < -0.3 is 19.1 Å². The minimum Gasteiger partial charge on any atom is -0.424 e. The smallest absolute Gasteiger partial charge is 0.343 e. The first-order chi connectivity index (χ1) is 12.6. The Balaban J connectivity index is 1.98. The second-order valence-corrected chi connectivity index (χ2v) is 8.36. The number of carbonyl (C=O) groups excluding carboxylic acids is 1. The summed E-state index contributed by atoms with van der Waals surface area (Å²) in [5.41, 5.74) is -0.759. The summed E-state index contributed by atoms with van der Waals surface area (Å²) < 4.78 is 35.0. The van der Waals surface area contributed by atoms with Crippen molar-refractivity contribution in [1.29, 1.82) is 0 Å². The molecule has 2 N–H and O–H groups in total. The number of fused-ring (bicyclic) bond motifs is 1. The Morgan fingerprint density at radius 2 is 1.78 bits per heavy atom. The lowest BCUT2D eigenvalue weighted by Gasteiger charge is -2.39. The summed E-state index contributed by atoms with van der Waals surface area (Å²) in [5, 5.41) is 20.9. The van der Waals surface area contributed by atoms with Gasteiger partial charge in [-0.25, -0.2) is 4.79 Å². The van der Waals surface area contributed by atoms with Crippen molar-refractivity contribution < 1.29 is 32.3 Å². The van der Waals surface area contributed by atoms with Gasteiger partial charge in [0.15, 0.2) is 6.10 Å². The number of carbonyl (C=O) groups is 1. The molecule has 0 unspecified atom stereocenters. The summed E-state index contributed by atoms with van der Waals surface area (Å²) in [6, 6.07) is 10.1. The molecule has 1 heterocycles. The lowest BCUT2D eigenvalue weighted by atomic mass is 9.77. The molecule has 0 radical (unpaired) electrons. The Bertz CT molecular complexity index is 980. The summed E-state index contributed by atoms with van der Waals surface area (Å²) in [5.74, 6) is -1.65. The van der Waals surface area contributed by atoms with E-state index < -0.39 is 33.7 Å². The van der Waals surface area contributed by atoms with Crippen molar-refractivity contribution in [3.8, 4) is 11.5 Å². The average Bonchev–Trinajstić information content (AvgIpc) is 2.59. The van der Waals surface area contributed by atoms with Gasteiger partial charge in [0.2, 0.25) is 0 Å². The molecule has 0 aromatic heterocycles. The predicted octanol–water partition coefficient (Wildman–Crippen LogP) is 1.89. The Labute approximate surface area is 157 Å². The molecule has 0 saturated heterocycles. The van der Waals surface area contributed by atoms with Crippen LogP contribution in [-0.4, -0.2) is 30.7 Å². The Morgan fingerprint density at radius 1 is 1.15 bits per heavy atom. The van der Waals surface area contributed by atoms with Gasteiger partial charge in [-0.3, -0.25) is 0 Å². The van der Waals surface area contributed by atoms with Crippen LogP contribution in [0.15, 0.2) is 47.4 Å². The summed E-state index contributed by atoms with van der Waals surface area (Å²) in [6.45, 7) is 5.13. The standard InChI is InChI=1S/C19H20O7S/c1-11(2)19(22)15-9-6-13(10-16(15)25-18(21)17(19)20)26-27(23,24)14-7-4-12(3)5-8-14/h4-11,17,20,22H,1-3H3/t17-,19+/m0/s1. The van der Waals surface area contributed by atoms with E-state index in [1.165, 1.54) is 30.3 Å². The van der Waals surface area contributed by atoms with Gasteiger partial charge in [0, 0.05) is 11.6 Å². The first-order valence-corrected chi connectivity index (χ1v) is 9.74. The van der Waals surface area contributed by atoms with E-state index in [1.807, 2.05) is 6.92 Å². The van der Waals surface area contributed by atoms with Gasteiger partial charge in [-0.2, -0.15) is 8.42 Å². The second kappa shape index (κ2) is 6.63. The number of esters is 1. The minimum atomic E-state index is -4.08. The number of aliphatic hydroxyl groups is 2. The highest BCUT2D eigenvalue weighted by atomic mass is 32.2. The van der Waals surface area contributed by atoms with Gasteiger partial charge in [-0.1, -0.05) is 31.5 Å². The number of ether oxygens (including phenoxy) is 1. The lowest BCUT2D eigenvalue weighted by molar-refractivity contribution is -0.175. The van der Waals surface area contributed by atoms with Crippen molar-refractivity contribution in [3.63, 3.8) is 0 Å². The molecule has 0 spiro atoms. The average molecular weight is 392 g/mol. The molecule has 0 aliphatic carbocycles. The minimum absolute atomic E-state index is 0.0167. The molecule has 1 aliphatic heterocycles. The van der Waals surface area contributed by atoms with E-state index >= 15 is 0 Å². The summed E-state index contributed by atoms with van der Waals surface area (Å²) >= 11 is 0. The van der Waals surface area contributed by atoms with Crippen LogP contribution >= 0.6 is 0 Å². The Hall–Kier alpha value is -2.42. The molecule has 3 rings (SSSR count). The highest BCUT2D eigenvalue weighted by molar-refractivity contribution is 7.87. The second-order valence-electron chi connectivity index (χ2n) is 6.81. The van der Waals surface area contributed by atoms with Crippen LogP contribution in [0.2, 0.25) is 0 Å². The number of benzene rings is 2. The number of hydrogen-bond donors (Lipinski definition) is 2. The van der Waals surface area contributed by atoms with Crippen molar-refractivity contribution in [1.82, 2.24) is 0 Å². The molecule has 0 fully saturated rings. The first-order valence-electron chi connectivity index (χ1n) is 8.33. The van der Waals surface area contributed by atoms with Gasteiger partial charge in [-0.05, 0) is 37.1 Å². The maximum absolute atomic E-state index is 12.4. The predicted molar refractivity (Wildman–Crippen MR) is 95.8 cm³/mol. The molecule has 1 aliphatic rings. The molecule has 27 heavy (non-hydrogen) atoms. The van der Waals surface area contributed by atoms with E-state index in [4.69, 9.17) is 8.92 Å². The van der Waals surface area contributed by atoms with E-state index in [-0.39, 0.29) is 22.0 Å². The van der Waals surface area contributed by atoms with E-state index in [0.29, 0.717) is 0 Å². The number of aliphatic hydroxyl groups excluding tert-OH is 1. The third-order valence-corrected chi connectivity index (χ3v) is 5.89. The molecule has 7 nitrogen and oxygen atoms in total. The maximum Gasteiger partial charge on any atom is 0.343 e. The zero-order valence-electron chi connectivity index (χ0n) is 15.0. The van der Waals surface area contributed by atoms with E-state index in [9.17, 15) is 23.4 Å². The van der Waals surface area contributed by atoms with Crippen LogP contribution in [-0.2, 0) is 20.5 Å². The third-order valence-electron chi connectivity index (χ3n) is 4.63. The highest BCUT2D eigenvalue weighted by Gasteiger charge is 2.50. The zero-order valence-corrected chi connectivity index (χ0v) is 15.9. The Kier molecular flexibility index (Phi) is 4.75. The van der Waals surface area contributed by atoms with Crippen molar-refractivity contribution in [3.05, 3.63) is 53.6 Å². The van der Waals surface area contributed by atoms with Crippen LogP contribution in [0.1, 0.15) is 25.0 Å². The lowest BCUT2D eigenvalue weighted by Crippen LogP contribution is -2.53. The monoisotopic (exact) mass is 392 g/mol. The molecule has 2 aromatic rings. The molecule has 2 atom stereocenters. The van der Waals surface area contributed by atoms with Crippen LogP contribution in [0, 0.1) is 12.8 Å². The first kappa shape index (κ1) is 19.3. The molecule has 8 heteroatoms. The maximum atomic E-state index is 12.4. The van der Waals surface area contributed by atoms with E-state index in [1.54, 1.807) is 26.0 Å². The Morgan fingerprint density at radius 3 is 2.37 bits per heavy atom. The third kappa shape index (κ3) is 3.31. The normalized spacial score (nSPS) is 22.3. The van der Waals surface area contributed by atoms with Gasteiger partial charge in [-0.15, -0.1) is 0 Å². The fourth-order valence-electron chi connectivity index (χ4n) is 2.97. The van der Waals surface area contributed by atoms with Crippen LogP contribution in [0.3, 0.4) is 0 Å². The number of hydrogen-bond acceptors (Lipinski definition) is 7.